The Morgan fingerprint density at radius 2 is 2.05 bits per heavy atom. The van der Waals surface area contributed by atoms with Crippen molar-refractivity contribution >= 4 is 5.69 Å². The van der Waals surface area contributed by atoms with Crippen LogP contribution in [-0.2, 0) is 6.42 Å². The van der Waals surface area contributed by atoms with Crippen LogP contribution in [0, 0.1) is 0 Å². The number of ether oxygens (including phenoxy) is 1. The standard InChI is InChI=1S/C18H30N2O/c1-3-11-21-18-10-9-15(13-17(18)19)12-14(2)20-16-7-5-4-6-8-16/h9-10,13-14,16,20H,3-8,11-12,19H2,1-2H3. The molecular formula is C18H30N2O. The van der Waals surface area contributed by atoms with Gasteiger partial charge in [-0.15, -0.1) is 0 Å². The highest BCUT2D eigenvalue weighted by molar-refractivity contribution is 5.54. The number of anilines is 1. The van der Waals surface area contributed by atoms with Gasteiger partial charge in [-0.05, 0) is 50.3 Å². The summed E-state index contributed by atoms with van der Waals surface area (Å²) in [6.45, 7) is 5.10. The van der Waals surface area contributed by atoms with Crippen LogP contribution >= 0.6 is 0 Å². The third-order valence-electron chi connectivity index (χ3n) is 4.20. The lowest BCUT2D eigenvalue weighted by Gasteiger charge is -2.26. The summed E-state index contributed by atoms with van der Waals surface area (Å²) in [5.74, 6) is 0.813. The highest BCUT2D eigenvalue weighted by Gasteiger charge is 2.15. The van der Waals surface area contributed by atoms with Gasteiger partial charge in [0.2, 0.25) is 0 Å². The largest absolute Gasteiger partial charge is 0.491 e. The molecule has 0 bridgehead atoms. The Balaban J connectivity index is 1.85. The molecule has 118 valence electrons. The molecule has 0 aromatic heterocycles. The molecule has 0 saturated heterocycles. The van der Waals surface area contributed by atoms with Gasteiger partial charge in [0, 0.05) is 12.1 Å². The average molecular weight is 290 g/mol. The topological polar surface area (TPSA) is 47.3 Å². The van der Waals surface area contributed by atoms with Crippen LogP contribution in [0.25, 0.3) is 0 Å². The van der Waals surface area contributed by atoms with Crippen molar-refractivity contribution in [3.8, 4) is 5.75 Å². The Morgan fingerprint density at radius 3 is 2.71 bits per heavy atom. The van der Waals surface area contributed by atoms with Gasteiger partial charge in [-0.25, -0.2) is 0 Å². The molecule has 1 saturated carbocycles. The fourth-order valence-electron chi connectivity index (χ4n) is 3.15. The van der Waals surface area contributed by atoms with Crippen molar-refractivity contribution < 1.29 is 4.74 Å². The quantitative estimate of drug-likeness (QED) is 0.748. The van der Waals surface area contributed by atoms with E-state index in [4.69, 9.17) is 10.5 Å². The van der Waals surface area contributed by atoms with Gasteiger partial charge in [0.15, 0.2) is 0 Å². The van der Waals surface area contributed by atoms with Gasteiger partial charge in [-0.3, -0.25) is 0 Å². The van der Waals surface area contributed by atoms with Crippen molar-refractivity contribution in [1.29, 1.82) is 0 Å². The van der Waals surface area contributed by atoms with E-state index in [0.717, 1.165) is 30.9 Å². The Bertz CT molecular complexity index is 427. The lowest BCUT2D eigenvalue weighted by Crippen LogP contribution is -2.38. The summed E-state index contributed by atoms with van der Waals surface area (Å²) in [7, 11) is 0. The van der Waals surface area contributed by atoms with E-state index < -0.39 is 0 Å². The molecule has 0 spiro atoms. The Hall–Kier alpha value is -1.22. The second-order valence-corrected chi connectivity index (χ2v) is 6.33. The summed E-state index contributed by atoms with van der Waals surface area (Å²) in [6, 6.07) is 7.41. The van der Waals surface area contributed by atoms with E-state index in [9.17, 15) is 0 Å². The van der Waals surface area contributed by atoms with E-state index in [1.165, 1.54) is 37.7 Å². The molecule has 0 amide bonds. The van der Waals surface area contributed by atoms with Crippen LogP contribution in [0.4, 0.5) is 5.69 Å². The molecule has 1 aromatic carbocycles. The fraction of sp³-hybridized carbons (Fsp3) is 0.667. The first kappa shape index (κ1) is 16.2. The van der Waals surface area contributed by atoms with Gasteiger partial charge in [0.25, 0.3) is 0 Å². The van der Waals surface area contributed by atoms with Crippen LogP contribution in [0.5, 0.6) is 5.75 Å². The number of rotatable bonds is 7. The number of nitrogen functional groups attached to an aromatic ring is 1. The molecule has 1 fully saturated rings. The van der Waals surface area contributed by atoms with E-state index in [-0.39, 0.29) is 0 Å². The summed E-state index contributed by atoms with van der Waals surface area (Å²) >= 11 is 0. The second kappa shape index (κ2) is 8.28. The molecule has 1 unspecified atom stereocenters. The minimum Gasteiger partial charge on any atom is -0.491 e. The van der Waals surface area contributed by atoms with E-state index in [1.807, 2.05) is 6.07 Å². The van der Waals surface area contributed by atoms with Crippen LogP contribution in [0.2, 0.25) is 0 Å². The summed E-state index contributed by atoms with van der Waals surface area (Å²) in [6.07, 6.45) is 8.84. The third-order valence-corrected chi connectivity index (χ3v) is 4.20. The Labute approximate surface area is 129 Å². The molecule has 2 rings (SSSR count). The van der Waals surface area contributed by atoms with E-state index in [0.29, 0.717) is 12.1 Å². The maximum Gasteiger partial charge on any atom is 0.142 e. The van der Waals surface area contributed by atoms with Crippen LogP contribution in [0.1, 0.15) is 57.9 Å². The van der Waals surface area contributed by atoms with Crippen molar-refractivity contribution in [2.45, 2.75) is 70.9 Å². The second-order valence-electron chi connectivity index (χ2n) is 6.33. The molecule has 1 aliphatic carbocycles. The summed E-state index contributed by atoms with van der Waals surface area (Å²) in [5.41, 5.74) is 8.12. The predicted octanol–water partition coefficient (Wildman–Crippen LogP) is 3.91. The molecule has 0 radical (unpaired) electrons. The first-order valence-corrected chi connectivity index (χ1v) is 8.46. The monoisotopic (exact) mass is 290 g/mol. The van der Waals surface area contributed by atoms with E-state index in [1.54, 1.807) is 0 Å². The summed E-state index contributed by atoms with van der Waals surface area (Å²) in [4.78, 5) is 0. The minimum atomic E-state index is 0.495. The molecule has 3 nitrogen and oxygen atoms in total. The summed E-state index contributed by atoms with van der Waals surface area (Å²) < 4.78 is 5.63. The van der Waals surface area contributed by atoms with Gasteiger partial charge < -0.3 is 15.8 Å². The molecule has 21 heavy (non-hydrogen) atoms. The minimum absolute atomic E-state index is 0.495. The Kier molecular flexibility index (Phi) is 6.37. The normalized spacial score (nSPS) is 17.6. The zero-order valence-corrected chi connectivity index (χ0v) is 13.5. The molecule has 1 aromatic rings. The molecule has 0 aliphatic heterocycles. The maximum atomic E-state index is 6.08. The molecular weight excluding hydrogens is 260 g/mol. The molecule has 1 aliphatic rings. The zero-order chi connectivity index (χ0) is 15.1. The Morgan fingerprint density at radius 1 is 1.29 bits per heavy atom. The van der Waals surface area contributed by atoms with Gasteiger partial charge in [-0.2, -0.15) is 0 Å². The number of nitrogens with two attached hydrogens (primary N) is 1. The van der Waals surface area contributed by atoms with Gasteiger partial charge in [-0.1, -0.05) is 32.3 Å². The SMILES string of the molecule is CCCOc1ccc(CC(C)NC2CCCCC2)cc1N. The highest BCUT2D eigenvalue weighted by atomic mass is 16.5. The van der Waals surface area contributed by atoms with Crippen molar-refractivity contribution in [2.75, 3.05) is 12.3 Å². The average Bonchev–Trinajstić information content (AvgIpc) is 2.47. The maximum absolute atomic E-state index is 6.08. The van der Waals surface area contributed by atoms with Crippen LogP contribution in [-0.4, -0.2) is 18.7 Å². The van der Waals surface area contributed by atoms with Crippen molar-refractivity contribution in [1.82, 2.24) is 5.32 Å². The van der Waals surface area contributed by atoms with Gasteiger partial charge in [0.1, 0.15) is 5.75 Å². The van der Waals surface area contributed by atoms with Crippen molar-refractivity contribution in [3.05, 3.63) is 23.8 Å². The number of hydrogen-bond acceptors (Lipinski definition) is 3. The molecule has 1 atom stereocenters. The van der Waals surface area contributed by atoms with Crippen LogP contribution in [0.3, 0.4) is 0 Å². The molecule has 0 heterocycles. The third kappa shape index (κ3) is 5.24. The molecule has 3 heteroatoms. The fourth-order valence-corrected chi connectivity index (χ4v) is 3.15. The van der Waals surface area contributed by atoms with Crippen LogP contribution < -0.4 is 15.8 Å². The number of benzene rings is 1. The lowest BCUT2D eigenvalue weighted by molar-refractivity contribution is 0.319. The lowest BCUT2D eigenvalue weighted by atomic mass is 9.94. The highest BCUT2D eigenvalue weighted by Crippen LogP contribution is 2.24. The van der Waals surface area contributed by atoms with Crippen molar-refractivity contribution in [3.63, 3.8) is 0 Å². The van der Waals surface area contributed by atoms with Crippen LogP contribution in [0.15, 0.2) is 18.2 Å². The first-order valence-electron chi connectivity index (χ1n) is 8.46. The predicted molar refractivity (Wildman–Crippen MR) is 89.8 cm³/mol. The summed E-state index contributed by atoms with van der Waals surface area (Å²) in [5, 5.41) is 3.76. The first-order chi connectivity index (χ1) is 10.2. The number of nitrogens with one attached hydrogen (secondary N) is 1. The van der Waals surface area contributed by atoms with E-state index in [2.05, 4.69) is 31.3 Å². The van der Waals surface area contributed by atoms with Crippen molar-refractivity contribution in [2.24, 2.45) is 0 Å². The van der Waals surface area contributed by atoms with Gasteiger partial charge >= 0.3 is 0 Å². The molecule has 3 N–H and O–H groups in total. The zero-order valence-electron chi connectivity index (χ0n) is 13.5. The smallest absolute Gasteiger partial charge is 0.142 e. The van der Waals surface area contributed by atoms with E-state index >= 15 is 0 Å². The number of hydrogen-bond donors (Lipinski definition) is 2. The van der Waals surface area contributed by atoms with Gasteiger partial charge in [0.05, 0.1) is 12.3 Å².